The van der Waals surface area contributed by atoms with Crippen LogP contribution in [0.2, 0.25) is 0 Å². The average Bonchev–Trinajstić information content (AvgIpc) is 2.00. The van der Waals surface area contributed by atoms with E-state index in [-0.39, 0.29) is 5.91 Å². The molecule has 0 saturated heterocycles. The van der Waals surface area contributed by atoms with Gasteiger partial charge in [-0.05, 0) is 20.3 Å². The Labute approximate surface area is 67.4 Å². The Morgan fingerprint density at radius 1 is 1.55 bits per heavy atom. The Balaban J connectivity index is 3.73. The van der Waals surface area contributed by atoms with E-state index in [9.17, 15) is 4.79 Å². The van der Waals surface area contributed by atoms with Gasteiger partial charge in [-0.2, -0.15) is 0 Å². The molecule has 0 aromatic heterocycles. The van der Waals surface area contributed by atoms with Gasteiger partial charge < -0.3 is 0 Å². The molecule has 0 radical (unpaired) electrons. The normalized spacial score (nSPS) is 11.4. The van der Waals surface area contributed by atoms with Crippen molar-refractivity contribution in [1.29, 1.82) is 0 Å². The van der Waals surface area contributed by atoms with Crippen LogP contribution in [0.5, 0.6) is 0 Å². The van der Waals surface area contributed by atoms with Crippen molar-refractivity contribution in [1.82, 2.24) is 5.48 Å². The summed E-state index contributed by atoms with van der Waals surface area (Å²) in [6.45, 7) is 6.06. The Kier molecular flexibility index (Phi) is 5.47. The molecule has 3 heteroatoms. The number of carbonyl (C=O) groups excluding carboxylic acids is 1. The zero-order valence-electron chi connectivity index (χ0n) is 7.31. The van der Waals surface area contributed by atoms with E-state index in [0.29, 0.717) is 12.2 Å². The Morgan fingerprint density at radius 3 is 2.64 bits per heavy atom. The molecule has 0 fully saturated rings. The smallest absolute Gasteiger partial charge is 0.270 e. The van der Waals surface area contributed by atoms with Gasteiger partial charge in [0.15, 0.2) is 0 Å². The molecule has 1 amide bonds. The van der Waals surface area contributed by atoms with Gasteiger partial charge in [0, 0.05) is 5.57 Å². The van der Waals surface area contributed by atoms with Crippen LogP contribution in [0.4, 0.5) is 0 Å². The van der Waals surface area contributed by atoms with Gasteiger partial charge in [-0.15, -0.1) is 0 Å². The van der Waals surface area contributed by atoms with E-state index in [0.717, 1.165) is 6.42 Å². The van der Waals surface area contributed by atoms with Gasteiger partial charge in [0.2, 0.25) is 0 Å². The molecular formula is C8H15NO2. The minimum absolute atomic E-state index is 0.159. The van der Waals surface area contributed by atoms with Crippen LogP contribution in [0.1, 0.15) is 27.2 Å². The first-order valence-corrected chi connectivity index (χ1v) is 3.81. The van der Waals surface area contributed by atoms with Crippen LogP contribution < -0.4 is 5.48 Å². The third-order valence-electron chi connectivity index (χ3n) is 1.18. The quantitative estimate of drug-likeness (QED) is 0.495. The molecule has 0 bridgehead atoms. The highest BCUT2D eigenvalue weighted by Crippen LogP contribution is 1.93. The number of nitrogens with one attached hydrogen (secondary N) is 1. The first-order chi connectivity index (χ1) is 5.22. The monoisotopic (exact) mass is 157 g/mol. The second kappa shape index (κ2) is 5.92. The van der Waals surface area contributed by atoms with Crippen LogP contribution in [-0.4, -0.2) is 12.5 Å². The van der Waals surface area contributed by atoms with Gasteiger partial charge in [-0.1, -0.05) is 13.0 Å². The lowest BCUT2D eigenvalue weighted by molar-refractivity contribution is -0.129. The molecule has 0 unspecified atom stereocenters. The van der Waals surface area contributed by atoms with Crippen molar-refractivity contribution in [2.45, 2.75) is 27.2 Å². The topological polar surface area (TPSA) is 38.3 Å². The summed E-state index contributed by atoms with van der Waals surface area (Å²) in [5.74, 6) is -0.159. The first-order valence-electron chi connectivity index (χ1n) is 3.81. The number of amides is 1. The molecule has 0 atom stereocenters. The first kappa shape index (κ1) is 10.2. The minimum Gasteiger partial charge on any atom is -0.274 e. The third kappa shape index (κ3) is 4.56. The molecule has 11 heavy (non-hydrogen) atoms. The molecule has 0 aliphatic heterocycles. The molecule has 0 aromatic rings. The molecule has 0 saturated carbocycles. The number of allylic oxidation sites excluding steroid dienone is 1. The van der Waals surface area contributed by atoms with E-state index in [4.69, 9.17) is 4.84 Å². The second-order valence-corrected chi connectivity index (χ2v) is 2.16. The van der Waals surface area contributed by atoms with Crippen molar-refractivity contribution in [3.05, 3.63) is 11.6 Å². The summed E-state index contributed by atoms with van der Waals surface area (Å²) >= 11 is 0. The van der Waals surface area contributed by atoms with Gasteiger partial charge in [0.05, 0.1) is 6.61 Å². The standard InChI is InChI=1S/C8H15NO2/c1-4-6-7(3)8(10)9-11-5-2/h6H,4-5H2,1-3H3,(H,9,10). The lowest BCUT2D eigenvalue weighted by atomic mass is 10.2. The van der Waals surface area contributed by atoms with E-state index in [1.807, 2.05) is 19.9 Å². The Bertz CT molecular complexity index is 152. The lowest BCUT2D eigenvalue weighted by Crippen LogP contribution is -2.24. The van der Waals surface area contributed by atoms with Crippen molar-refractivity contribution in [3.8, 4) is 0 Å². The zero-order valence-corrected chi connectivity index (χ0v) is 7.31. The van der Waals surface area contributed by atoms with Crippen LogP contribution >= 0.6 is 0 Å². The fraction of sp³-hybridized carbons (Fsp3) is 0.625. The predicted octanol–water partition coefficient (Wildman–Crippen LogP) is 1.41. The Morgan fingerprint density at radius 2 is 2.18 bits per heavy atom. The largest absolute Gasteiger partial charge is 0.274 e. The van der Waals surface area contributed by atoms with Crippen molar-refractivity contribution in [2.24, 2.45) is 0 Å². The molecule has 0 spiro atoms. The number of hydrogen-bond acceptors (Lipinski definition) is 2. The summed E-state index contributed by atoms with van der Waals surface area (Å²) in [5, 5.41) is 0. The van der Waals surface area contributed by atoms with Crippen molar-refractivity contribution >= 4 is 5.91 Å². The van der Waals surface area contributed by atoms with E-state index >= 15 is 0 Å². The molecule has 0 rings (SSSR count). The van der Waals surface area contributed by atoms with Crippen molar-refractivity contribution in [2.75, 3.05) is 6.61 Å². The number of hydrogen-bond donors (Lipinski definition) is 1. The third-order valence-corrected chi connectivity index (χ3v) is 1.18. The number of hydroxylamine groups is 1. The molecule has 3 nitrogen and oxygen atoms in total. The fourth-order valence-electron chi connectivity index (χ4n) is 0.617. The second-order valence-electron chi connectivity index (χ2n) is 2.16. The molecule has 64 valence electrons. The Hall–Kier alpha value is -0.830. The average molecular weight is 157 g/mol. The molecule has 0 aliphatic rings. The maximum Gasteiger partial charge on any atom is 0.270 e. The maximum atomic E-state index is 11.0. The maximum absolute atomic E-state index is 11.0. The summed E-state index contributed by atoms with van der Waals surface area (Å²) in [4.78, 5) is 15.7. The number of carbonyl (C=O) groups is 1. The summed E-state index contributed by atoms with van der Waals surface area (Å²) < 4.78 is 0. The van der Waals surface area contributed by atoms with Gasteiger partial charge in [0.25, 0.3) is 5.91 Å². The fourth-order valence-corrected chi connectivity index (χ4v) is 0.617. The minimum atomic E-state index is -0.159. The van der Waals surface area contributed by atoms with E-state index in [2.05, 4.69) is 5.48 Å². The van der Waals surface area contributed by atoms with E-state index in [1.165, 1.54) is 0 Å². The highest BCUT2D eigenvalue weighted by atomic mass is 16.6. The van der Waals surface area contributed by atoms with Crippen molar-refractivity contribution in [3.63, 3.8) is 0 Å². The summed E-state index contributed by atoms with van der Waals surface area (Å²) in [5.41, 5.74) is 3.01. The van der Waals surface area contributed by atoms with E-state index < -0.39 is 0 Å². The van der Waals surface area contributed by atoms with E-state index in [1.54, 1.807) is 6.92 Å². The lowest BCUT2D eigenvalue weighted by Gasteiger charge is -2.02. The summed E-state index contributed by atoms with van der Waals surface area (Å²) in [6.07, 6.45) is 2.72. The van der Waals surface area contributed by atoms with Crippen LogP contribution in [-0.2, 0) is 9.63 Å². The molecule has 0 aliphatic carbocycles. The summed E-state index contributed by atoms with van der Waals surface area (Å²) in [6, 6.07) is 0. The summed E-state index contributed by atoms with van der Waals surface area (Å²) in [7, 11) is 0. The highest BCUT2D eigenvalue weighted by molar-refractivity contribution is 5.91. The van der Waals surface area contributed by atoms with Crippen LogP contribution in [0, 0.1) is 0 Å². The molecule has 0 aromatic carbocycles. The number of rotatable bonds is 4. The molecule has 0 heterocycles. The van der Waals surface area contributed by atoms with Gasteiger partial charge >= 0.3 is 0 Å². The van der Waals surface area contributed by atoms with Crippen LogP contribution in [0.25, 0.3) is 0 Å². The zero-order chi connectivity index (χ0) is 8.69. The molecule has 1 N–H and O–H groups in total. The SMILES string of the molecule is CCC=C(C)C(=O)NOCC. The van der Waals surface area contributed by atoms with Crippen LogP contribution in [0.15, 0.2) is 11.6 Å². The van der Waals surface area contributed by atoms with Crippen molar-refractivity contribution < 1.29 is 9.63 Å². The predicted molar refractivity (Wildman–Crippen MR) is 43.8 cm³/mol. The van der Waals surface area contributed by atoms with Gasteiger partial charge in [0.1, 0.15) is 0 Å². The van der Waals surface area contributed by atoms with Crippen LogP contribution in [0.3, 0.4) is 0 Å². The highest BCUT2D eigenvalue weighted by Gasteiger charge is 2.00. The molecular weight excluding hydrogens is 142 g/mol. The van der Waals surface area contributed by atoms with Gasteiger partial charge in [-0.3, -0.25) is 9.63 Å². The van der Waals surface area contributed by atoms with Gasteiger partial charge in [-0.25, -0.2) is 5.48 Å².